The van der Waals surface area contributed by atoms with E-state index < -0.39 is 0 Å². The number of benzene rings is 2. The van der Waals surface area contributed by atoms with Gasteiger partial charge in [0.05, 0.1) is 31.9 Å². The Morgan fingerprint density at radius 2 is 1.68 bits per heavy atom. The summed E-state index contributed by atoms with van der Waals surface area (Å²) in [5.74, 6) is 1.42. The maximum Gasteiger partial charge on any atom is 0.270 e. The molecule has 1 aliphatic heterocycles. The van der Waals surface area contributed by atoms with Gasteiger partial charge < -0.3 is 14.2 Å². The minimum absolute atomic E-state index is 0.141. The maximum absolute atomic E-state index is 13.1. The van der Waals surface area contributed by atoms with Crippen molar-refractivity contribution < 1.29 is 19.0 Å². The molecule has 1 saturated heterocycles. The minimum atomic E-state index is -0.141. The molecule has 1 aliphatic rings. The third kappa shape index (κ3) is 3.59. The van der Waals surface area contributed by atoms with Gasteiger partial charge in [-0.15, -0.1) is 0 Å². The van der Waals surface area contributed by atoms with Crippen LogP contribution < -0.4 is 19.1 Å². The van der Waals surface area contributed by atoms with Gasteiger partial charge in [0.25, 0.3) is 5.91 Å². The Morgan fingerprint density at radius 1 is 1.04 bits per heavy atom. The van der Waals surface area contributed by atoms with E-state index in [-0.39, 0.29) is 5.91 Å². The van der Waals surface area contributed by atoms with Crippen molar-refractivity contribution >= 4 is 46.0 Å². The molecule has 0 radical (unpaired) electrons. The lowest BCUT2D eigenvalue weighted by molar-refractivity contribution is -0.113. The molecule has 0 atom stereocenters. The fraction of sp³-hybridized carbons (Fsp3) is 0.238. The molecule has 2 aromatic rings. The molecular formula is C21H21NO4S2. The molecule has 0 aromatic heterocycles. The third-order valence-electron chi connectivity index (χ3n) is 4.60. The van der Waals surface area contributed by atoms with Gasteiger partial charge in [0.15, 0.2) is 15.8 Å². The highest BCUT2D eigenvalue weighted by molar-refractivity contribution is 8.27. The number of anilines is 1. The van der Waals surface area contributed by atoms with Gasteiger partial charge in [0.2, 0.25) is 5.75 Å². The van der Waals surface area contributed by atoms with Crippen LogP contribution in [-0.4, -0.2) is 31.6 Å². The lowest BCUT2D eigenvalue weighted by Gasteiger charge is -2.18. The molecule has 146 valence electrons. The normalized spacial score (nSPS) is 15.3. The van der Waals surface area contributed by atoms with Crippen LogP contribution in [0.25, 0.3) is 6.08 Å². The Kier molecular flexibility index (Phi) is 5.96. The van der Waals surface area contributed by atoms with Gasteiger partial charge in [-0.3, -0.25) is 9.69 Å². The van der Waals surface area contributed by atoms with Crippen LogP contribution in [0.3, 0.4) is 0 Å². The molecule has 0 spiro atoms. The number of carbonyl (C=O) groups excluding carboxylic acids is 1. The van der Waals surface area contributed by atoms with Crippen molar-refractivity contribution in [2.75, 3.05) is 26.2 Å². The fourth-order valence-corrected chi connectivity index (χ4v) is 4.27. The van der Waals surface area contributed by atoms with Crippen LogP contribution in [0.15, 0.2) is 35.2 Å². The number of rotatable bonds is 5. The van der Waals surface area contributed by atoms with Gasteiger partial charge >= 0.3 is 0 Å². The average molecular weight is 416 g/mol. The smallest absolute Gasteiger partial charge is 0.270 e. The van der Waals surface area contributed by atoms with Gasteiger partial charge in [0.1, 0.15) is 0 Å². The number of aryl methyl sites for hydroxylation is 1. The Labute approximate surface area is 174 Å². The van der Waals surface area contributed by atoms with Crippen LogP contribution in [0.1, 0.15) is 16.7 Å². The van der Waals surface area contributed by atoms with Crippen LogP contribution in [-0.2, 0) is 4.79 Å². The number of carbonyl (C=O) groups is 1. The highest BCUT2D eigenvalue weighted by Crippen LogP contribution is 2.41. The van der Waals surface area contributed by atoms with Crippen LogP contribution >= 0.6 is 24.0 Å². The van der Waals surface area contributed by atoms with Gasteiger partial charge in [0, 0.05) is 0 Å². The van der Waals surface area contributed by atoms with Crippen molar-refractivity contribution in [2.24, 2.45) is 0 Å². The molecule has 0 unspecified atom stereocenters. The fourth-order valence-electron chi connectivity index (χ4n) is 2.99. The van der Waals surface area contributed by atoms with Crippen molar-refractivity contribution in [3.05, 3.63) is 51.9 Å². The van der Waals surface area contributed by atoms with Crippen LogP contribution in [0.5, 0.6) is 17.2 Å². The van der Waals surface area contributed by atoms with Gasteiger partial charge in [-0.05, 0) is 54.8 Å². The number of amides is 1. The summed E-state index contributed by atoms with van der Waals surface area (Å²) in [5, 5.41) is 0. The van der Waals surface area contributed by atoms with E-state index in [1.807, 2.05) is 32.0 Å². The molecule has 1 heterocycles. The summed E-state index contributed by atoms with van der Waals surface area (Å²) in [6.07, 6.45) is 1.79. The topological polar surface area (TPSA) is 48.0 Å². The van der Waals surface area contributed by atoms with Crippen molar-refractivity contribution in [2.45, 2.75) is 13.8 Å². The van der Waals surface area contributed by atoms with Crippen LogP contribution in [0, 0.1) is 13.8 Å². The van der Waals surface area contributed by atoms with E-state index in [9.17, 15) is 4.79 Å². The molecule has 7 heteroatoms. The largest absolute Gasteiger partial charge is 0.493 e. The molecule has 0 N–H and O–H groups in total. The minimum Gasteiger partial charge on any atom is -0.493 e. The third-order valence-corrected chi connectivity index (χ3v) is 5.90. The lowest BCUT2D eigenvalue weighted by atomic mass is 10.1. The number of nitrogens with zero attached hydrogens (tertiary/aromatic N) is 1. The number of ether oxygens (including phenoxy) is 3. The standard InChI is InChI=1S/C21H21NO4S2/c1-12-7-6-8-15(13(12)2)22-20(23)18(28-21(22)27)11-14-9-16(24-3)19(26-5)17(10-14)25-4/h6-11H,1-5H3. The Morgan fingerprint density at radius 3 is 2.25 bits per heavy atom. The summed E-state index contributed by atoms with van der Waals surface area (Å²) in [6, 6.07) is 9.45. The predicted octanol–water partition coefficient (Wildman–Crippen LogP) is 4.74. The van der Waals surface area contributed by atoms with E-state index in [1.165, 1.54) is 11.8 Å². The van der Waals surface area contributed by atoms with E-state index in [0.717, 1.165) is 22.4 Å². The second-order valence-electron chi connectivity index (χ2n) is 6.19. The molecule has 5 nitrogen and oxygen atoms in total. The summed E-state index contributed by atoms with van der Waals surface area (Å²) in [7, 11) is 4.66. The first-order chi connectivity index (χ1) is 13.4. The quantitative estimate of drug-likeness (QED) is 0.520. The van der Waals surface area contributed by atoms with Crippen molar-refractivity contribution in [3.63, 3.8) is 0 Å². The predicted molar refractivity (Wildman–Crippen MR) is 118 cm³/mol. The highest BCUT2D eigenvalue weighted by Gasteiger charge is 2.34. The highest BCUT2D eigenvalue weighted by atomic mass is 32.2. The zero-order valence-corrected chi connectivity index (χ0v) is 18.0. The zero-order chi connectivity index (χ0) is 20.4. The zero-order valence-electron chi connectivity index (χ0n) is 16.4. The van der Waals surface area contributed by atoms with Gasteiger partial charge in [-0.1, -0.05) is 36.1 Å². The van der Waals surface area contributed by atoms with E-state index in [1.54, 1.807) is 44.4 Å². The second-order valence-corrected chi connectivity index (χ2v) is 7.87. The average Bonchev–Trinajstić information content (AvgIpc) is 2.96. The first-order valence-electron chi connectivity index (χ1n) is 8.55. The molecule has 1 fully saturated rings. The number of thiocarbonyl (C=S) groups is 1. The Bertz CT molecular complexity index is 959. The SMILES string of the molecule is COc1cc(C=C2SC(=S)N(c3cccc(C)c3C)C2=O)cc(OC)c1OC. The van der Waals surface area contributed by atoms with Gasteiger partial charge in [-0.25, -0.2) is 0 Å². The van der Waals surface area contributed by atoms with Crippen LogP contribution in [0.2, 0.25) is 0 Å². The first kappa shape index (κ1) is 20.2. The molecule has 0 saturated carbocycles. The number of thioether (sulfide) groups is 1. The van der Waals surface area contributed by atoms with Crippen molar-refractivity contribution in [3.8, 4) is 17.2 Å². The van der Waals surface area contributed by atoms with E-state index in [2.05, 4.69) is 0 Å². The molecule has 0 aliphatic carbocycles. The molecule has 1 amide bonds. The summed E-state index contributed by atoms with van der Waals surface area (Å²) in [4.78, 5) is 15.2. The first-order valence-corrected chi connectivity index (χ1v) is 9.78. The van der Waals surface area contributed by atoms with E-state index in [0.29, 0.717) is 26.5 Å². The van der Waals surface area contributed by atoms with Crippen LogP contribution in [0.4, 0.5) is 5.69 Å². The molecule has 3 rings (SSSR count). The summed E-state index contributed by atoms with van der Waals surface area (Å²) >= 11 is 6.77. The number of hydrogen-bond donors (Lipinski definition) is 0. The monoisotopic (exact) mass is 415 g/mol. The van der Waals surface area contributed by atoms with E-state index >= 15 is 0 Å². The number of hydrogen-bond acceptors (Lipinski definition) is 6. The van der Waals surface area contributed by atoms with E-state index in [4.69, 9.17) is 26.4 Å². The lowest BCUT2D eigenvalue weighted by Crippen LogP contribution is -2.28. The molecular weight excluding hydrogens is 394 g/mol. The van der Waals surface area contributed by atoms with Gasteiger partial charge in [-0.2, -0.15) is 0 Å². The molecule has 28 heavy (non-hydrogen) atoms. The second kappa shape index (κ2) is 8.24. The Hall–Kier alpha value is -2.51. The summed E-state index contributed by atoms with van der Waals surface area (Å²) < 4.78 is 16.6. The maximum atomic E-state index is 13.1. The molecule has 0 bridgehead atoms. The summed E-state index contributed by atoms with van der Waals surface area (Å²) in [5.41, 5.74) is 3.72. The van der Waals surface area contributed by atoms with Crippen molar-refractivity contribution in [1.29, 1.82) is 0 Å². The summed E-state index contributed by atoms with van der Waals surface area (Å²) in [6.45, 7) is 4.01. The Balaban J connectivity index is 2.02. The number of methoxy groups -OCH3 is 3. The molecule has 2 aromatic carbocycles. The van der Waals surface area contributed by atoms with Crippen molar-refractivity contribution in [1.82, 2.24) is 0 Å².